The summed E-state index contributed by atoms with van der Waals surface area (Å²) in [4.78, 5) is 0. The molecule has 3 heteroatoms. The quantitative estimate of drug-likeness (QED) is 0.890. The van der Waals surface area contributed by atoms with E-state index in [1.54, 1.807) is 0 Å². The van der Waals surface area contributed by atoms with Crippen molar-refractivity contribution in [3.8, 4) is 5.75 Å². The Morgan fingerprint density at radius 2 is 2.06 bits per heavy atom. The highest BCUT2D eigenvalue weighted by atomic mass is 16.5. The molecule has 1 aromatic rings. The standard InChI is InChI=1S/C15H23NO2/c1-11(2)9-18-14-6-4-13(5-7-14)15-10-17-12(3)8-16-15/h4-7,11-12,15-16H,8-10H2,1-3H3. The van der Waals surface area contributed by atoms with Crippen LogP contribution in [0, 0.1) is 5.92 Å². The molecule has 1 aliphatic heterocycles. The molecule has 0 bridgehead atoms. The van der Waals surface area contributed by atoms with Gasteiger partial charge in [0.05, 0.1) is 25.4 Å². The average Bonchev–Trinajstić information content (AvgIpc) is 2.38. The average molecular weight is 249 g/mol. The molecule has 100 valence electrons. The van der Waals surface area contributed by atoms with Crippen LogP contribution in [-0.4, -0.2) is 25.9 Å². The molecule has 1 aromatic carbocycles. The number of hydrogen-bond acceptors (Lipinski definition) is 3. The maximum Gasteiger partial charge on any atom is 0.119 e. The van der Waals surface area contributed by atoms with Gasteiger partial charge in [-0.3, -0.25) is 0 Å². The first-order valence-electron chi connectivity index (χ1n) is 6.73. The lowest BCUT2D eigenvalue weighted by atomic mass is 10.1. The minimum Gasteiger partial charge on any atom is -0.493 e. The van der Waals surface area contributed by atoms with Crippen LogP contribution in [-0.2, 0) is 4.74 Å². The topological polar surface area (TPSA) is 30.5 Å². The van der Waals surface area contributed by atoms with Crippen molar-refractivity contribution in [2.24, 2.45) is 5.92 Å². The summed E-state index contributed by atoms with van der Waals surface area (Å²) in [7, 11) is 0. The van der Waals surface area contributed by atoms with Crippen molar-refractivity contribution in [1.29, 1.82) is 0 Å². The summed E-state index contributed by atoms with van der Waals surface area (Å²) in [6.45, 7) is 8.81. The molecule has 1 fully saturated rings. The van der Waals surface area contributed by atoms with Gasteiger partial charge in [0.25, 0.3) is 0 Å². The van der Waals surface area contributed by atoms with E-state index in [2.05, 4.69) is 38.2 Å². The molecule has 1 aliphatic rings. The van der Waals surface area contributed by atoms with E-state index in [1.807, 2.05) is 12.1 Å². The smallest absolute Gasteiger partial charge is 0.119 e. The monoisotopic (exact) mass is 249 g/mol. The van der Waals surface area contributed by atoms with Crippen molar-refractivity contribution in [2.75, 3.05) is 19.8 Å². The van der Waals surface area contributed by atoms with E-state index in [0.717, 1.165) is 25.5 Å². The minimum atomic E-state index is 0.306. The summed E-state index contributed by atoms with van der Waals surface area (Å²) in [5.74, 6) is 1.50. The van der Waals surface area contributed by atoms with Gasteiger partial charge in [-0.05, 0) is 30.5 Å². The summed E-state index contributed by atoms with van der Waals surface area (Å²) in [5.41, 5.74) is 1.26. The Morgan fingerprint density at radius 1 is 1.33 bits per heavy atom. The van der Waals surface area contributed by atoms with Crippen LogP contribution in [0.2, 0.25) is 0 Å². The second kappa shape index (κ2) is 6.21. The largest absolute Gasteiger partial charge is 0.493 e. The summed E-state index contributed by atoms with van der Waals surface area (Å²) in [6, 6.07) is 8.62. The fourth-order valence-corrected chi connectivity index (χ4v) is 1.96. The lowest BCUT2D eigenvalue weighted by molar-refractivity contribution is 0.0149. The van der Waals surface area contributed by atoms with E-state index < -0.39 is 0 Å². The zero-order valence-electron chi connectivity index (χ0n) is 11.5. The van der Waals surface area contributed by atoms with Gasteiger partial charge in [-0.1, -0.05) is 26.0 Å². The number of nitrogens with one attached hydrogen (secondary N) is 1. The van der Waals surface area contributed by atoms with Crippen LogP contribution in [0.1, 0.15) is 32.4 Å². The van der Waals surface area contributed by atoms with Crippen LogP contribution >= 0.6 is 0 Å². The van der Waals surface area contributed by atoms with E-state index in [4.69, 9.17) is 9.47 Å². The molecule has 0 saturated carbocycles. The highest BCUT2D eigenvalue weighted by molar-refractivity contribution is 5.29. The number of ether oxygens (including phenoxy) is 2. The molecule has 2 atom stereocenters. The zero-order valence-corrected chi connectivity index (χ0v) is 11.5. The maximum atomic E-state index is 5.68. The van der Waals surface area contributed by atoms with Crippen molar-refractivity contribution in [3.05, 3.63) is 29.8 Å². The van der Waals surface area contributed by atoms with Gasteiger partial charge >= 0.3 is 0 Å². The molecule has 0 radical (unpaired) electrons. The highest BCUT2D eigenvalue weighted by Gasteiger charge is 2.19. The van der Waals surface area contributed by atoms with Crippen LogP contribution in [0.5, 0.6) is 5.75 Å². The Morgan fingerprint density at radius 3 is 2.61 bits per heavy atom. The number of benzene rings is 1. The Balaban J connectivity index is 1.91. The fourth-order valence-electron chi connectivity index (χ4n) is 1.96. The zero-order chi connectivity index (χ0) is 13.0. The molecule has 0 aliphatic carbocycles. The first-order chi connectivity index (χ1) is 8.65. The lowest BCUT2D eigenvalue weighted by Crippen LogP contribution is -2.39. The Hall–Kier alpha value is -1.06. The molecule has 2 unspecified atom stereocenters. The van der Waals surface area contributed by atoms with E-state index in [9.17, 15) is 0 Å². The van der Waals surface area contributed by atoms with Gasteiger partial charge in [0.15, 0.2) is 0 Å². The number of hydrogen-bond donors (Lipinski definition) is 1. The van der Waals surface area contributed by atoms with Crippen molar-refractivity contribution in [2.45, 2.75) is 32.9 Å². The van der Waals surface area contributed by atoms with Gasteiger partial charge in [0.2, 0.25) is 0 Å². The highest BCUT2D eigenvalue weighted by Crippen LogP contribution is 2.21. The van der Waals surface area contributed by atoms with E-state index in [1.165, 1.54) is 5.56 Å². The third-order valence-electron chi connectivity index (χ3n) is 3.06. The molecular formula is C15H23NO2. The summed E-state index contributed by atoms with van der Waals surface area (Å²) in [6.07, 6.45) is 0.315. The molecule has 0 aromatic heterocycles. The summed E-state index contributed by atoms with van der Waals surface area (Å²) < 4.78 is 11.3. The van der Waals surface area contributed by atoms with Crippen LogP contribution in [0.15, 0.2) is 24.3 Å². The van der Waals surface area contributed by atoms with Crippen molar-refractivity contribution >= 4 is 0 Å². The molecule has 0 amide bonds. The fraction of sp³-hybridized carbons (Fsp3) is 0.600. The maximum absolute atomic E-state index is 5.68. The Labute approximate surface area is 109 Å². The molecule has 3 nitrogen and oxygen atoms in total. The first kappa shape index (κ1) is 13.4. The van der Waals surface area contributed by atoms with Crippen LogP contribution in [0.4, 0.5) is 0 Å². The number of rotatable bonds is 4. The molecule has 0 spiro atoms. The molecule has 1 N–H and O–H groups in total. The molecule has 1 saturated heterocycles. The van der Waals surface area contributed by atoms with Crippen LogP contribution in [0.3, 0.4) is 0 Å². The Bertz CT molecular complexity index is 353. The SMILES string of the molecule is CC(C)COc1ccc(C2COC(C)CN2)cc1. The lowest BCUT2D eigenvalue weighted by Gasteiger charge is -2.28. The molecular weight excluding hydrogens is 226 g/mol. The molecule has 18 heavy (non-hydrogen) atoms. The minimum absolute atomic E-state index is 0.306. The van der Waals surface area contributed by atoms with Gasteiger partial charge in [-0.25, -0.2) is 0 Å². The molecule has 2 rings (SSSR count). The van der Waals surface area contributed by atoms with E-state index in [0.29, 0.717) is 18.1 Å². The third-order valence-corrected chi connectivity index (χ3v) is 3.06. The van der Waals surface area contributed by atoms with Crippen molar-refractivity contribution in [3.63, 3.8) is 0 Å². The molecule has 1 heterocycles. The van der Waals surface area contributed by atoms with Gasteiger partial charge in [-0.15, -0.1) is 0 Å². The van der Waals surface area contributed by atoms with Crippen LogP contribution < -0.4 is 10.1 Å². The predicted octanol–water partition coefficient (Wildman–Crippen LogP) is 2.77. The van der Waals surface area contributed by atoms with Crippen LogP contribution in [0.25, 0.3) is 0 Å². The Kier molecular flexibility index (Phi) is 4.61. The van der Waals surface area contributed by atoms with Gasteiger partial charge in [0.1, 0.15) is 5.75 Å². The van der Waals surface area contributed by atoms with Crippen molar-refractivity contribution in [1.82, 2.24) is 5.32 Å². The van der Waals surface area contributed by atoms with Gasteiger partial charge < -0.3 is 14.8 Å². The van der Waals surface area contributed by atoms with Gasteiger partial charge in [0, 0.05) is 6.54 Å². The second-order valence-corrected chi connectivity index (χ2v) is 5.38. The third kappa shape index (κ3) is 3.72. The summed E-state index contributed by atoms with van der Waals surface area (Å²) in [5, 5.41) is 3.49. The van der Waals surface area contributed by atoms with E-state index in [-0.39, 0.29) is 0 Å². The van der Waals surface area contributed by atoms with E-state index >= 15 is 0 Å². The normalized spacial score (nSPS) is 24.2. The second-order valence-electron chi connectivity index (χ2n) is 5.38. The number of morpholine rings is 1. The predicted molar refractivity (Wildman–Crippen MR) is 72.9 cm³/mol. The summed E-state index contributed by atoms with van der Waals surface area (Å²) >= 11 is 0. The first-order valence-corrected chi connectivity index (χ1v) is 6.73. The van der Waals surface area contributed by atoms with Gasteiger partial charge in [-0.2, -0.15) is 0 Å². The van der Waals surface area contributed by atoms with Crippen molar-refractivity contribution < 1.29 is 9.47 Å².